The van der Waals surface area contributed by atoms with Gasteiger partial charge in [-0.05, 0) is 62.4 Å². The Labute approximate surface area is 179 Å². The summed E-state index contributed by atoms with van der Waals surface area (Å²) in [5.41, 5.74) is 1.21. The fourth-order valence-corrected chi connectivity index (χ4v) is 4.19. The fraction of sp³-hybridized carbons (Fsp3) is 0.500. The third-order valence-corrected chi connectivity index (χ3v) is 6.41. The molecule has 5 heteroatoms. The lowest BCUT2D eigenvalue weighted by molar-refractivity contribution is 0.0966. The molecule has 0 bridgehead atoms. The van der Waals surface area contributed by atoms with Crippen molar-refractivity contribution in [1.29, 1.82) is 0 Å². The van der Waals surface area contributed by atoms with Crippen molar-refractivity contribution in [2.45, 2.75) is 46.5 Å². The Balaban J connectivity index is 1.64. The van der Waals surface area contributed by atoms with Crippen molar-refractivity contribution < 1.29 is 4.79 Å². The van der Waals surface area contributed by atoms with Crippen LogP contribution in [-0.4, -0.2) is 35.4 Å². The van der Waals surface area contributed by atoms with Crippen LogP contribution < -0.4 is 5.32 Å². The Kier molecular flexibility index (Phi) is 6.97. The molecule has 1 atom stereocenters. The zero-order valence-electron chi connectivity index (χ0n) is 17.7. The van der Waals surface area contributed by atoms with E-state index in [-0.39, 0.29) is 21.9 Å². The van der Waals surface area contributed by atoms with Crippen LogP contribution in [0.25, 0.3) is 0 Å². The van der Waals surface area contributed by atoms with Crippen molar-refractivity contribution in [1.82, 2.24) is 15.2 Å². The maximum Gasteiger partial charge on any atom is 0.258 e. The highest BCUT2D eigenvalue weighted by Gasteiger charge is 2.38. The number of allylic oxidation sites excluding steroid dienone is 4. The molecule has 1 N–H and O–H groups in total. The highest BCUT2D eigenvalue weighted by Crippen LogP contribution is 2.46. The summed E-state index contributed by atoms with van der Waals surface area (Å²) in [5.74, 6) is -0.233. The molecule has 4 nitrogen and oxygen atoms in total. The van der Waals surface area contributed by atoms with Gasteiger partial charge < -0.3 is 10.2 Å². The lowest BCUT2D eigenvalue weighted by Gasteiger charge is -2.42. The Morgan fingerprint density at radius 1 is 1.34 bits per heavy atom. The molecule has 29 heavy (non-hydrogen) atoms. The number of aromatic nitrogens is 1. The Bertz CT molecular complexity index is 816. The number of hydrogen-bond donors (Lipinski definition) is 1. The predicted molar refractivity (Wildman–Crippen MR) is 120 cm³/mol. The first kappa shape index (κ1) is 21.8. The number of carbonyl (C=O) groups excluding carboxylic acids is 1. The summed E-state index contributed by atoms with van der Waals surface area (Å²) in [7, 11) is 0. The average molecular weight is 414 g/mol. The number of carbonyl (C=O) groups is 1. The third-order valence-electron chi connectivity index (χ3n) is 6.10. The first-order chi connectivity index (χ1) is 13.8. The lowest BCUT2D eigenvalue weighted by atomic mass is 9.63. The van der Waals surface area contributed by atoms with Gasteiger partial charge in [-0.3, -0.25) is 4.79 Å². The number of amides is 1. The van der Waals surface area contributed by atoms with Crippen LogP contribution in [0.1, 0.15) is 56.8 Å². The second kappa shape index (κ2) is 9.27. The van der Waals surface area contributed by atoms with Crippen molar-refractivity contribution >= 4 is 17.5 Å². The molecule has 0 spiro atoms. The van der Waals surface area contributed by atoms with Crippen molar-refractivity contribution in [3.63, 3.8) is 0 Å². The smallest absolute Gasteiger partial charge is 0.258 e. The minimum absolute atomic E-state index is 0.0574. The molecule has 1 aliphatic heterocycles. The largest absolute Gasteiger partial charge is 0.322 e. The van der Waals surface area contributed by atoms with Gasteiger partial charge in [0.15, 0.2) is 0 Å². The van der Waals surface area contributed by atoms with Crippen molar-refractivity contribution in [2.75, 3.05) is 19.6 Å². The normalized spacial score (nSPS) is 22.8. The fourth-order valence-electron chi connectivity index (χ4n) is 3.99. The van der Waals surface area contributed by atoms with Crippen LogP contribution in [0.4, 0.5) is 0 Å². The highest BCUT2D eigenvalue weighted by molar-refractivity contribution is 6.32. The molecular formula is C24H32ClN3O. The van der Waals surface area contributed by atoms with Gasteiger partial charge in [0.25, 0.3) is 5.91 Å². The van der Waals surface area contributed by atoms with Gasteiger partial charge in [-0.15, -0.1) is 0 Å². The average Bonchev–Trinajstić information content (AvgIpc) is 3.19. The van der Waals surface area contributed by atoms with Crippen molar-refractivity contribution in [2.24, 2.45) is 10.8 Å². The van der Waals surface area contributed by atoms with E-state index in [9.17, 15) is 4.79 Å². The molecule has 2 heterocycles. The molecule has 1 amide bonds. The number of hydrogen-bond acceptors (Lipinski definition) is 3. The number of pyridine rings is 1. The molecule has 1 unspecified atom stereocenters. The molecule has 0 saturated carbocycles. The van der Waals surface area contributed by atoms with Gasteiger partial charge in [0.2, 0.25) is 0 Å². The molecule has 1 aliphatic carbocycles. The first-order valence-corrected chi connectivity index (χ1v) is 10.9. The standard InChI is InChI=1S/C24H32ClN3O/c1-23(2,3)24(12-4-5-16-28-17-6-7-18-28)13-10-19(11-14-24)27-22(29)20-9-8-15-26-21(20)25/h4,8-13,15H,5-7,14,16-18H2,1-3H3,(H,27,29). The van der Waals surface area contributed by atoms with Crippen molar-refractivity contribution in [3.05, 3.63) is 65.1 Å². The van der Waals surface area contributed by atoms with E-state index < -0.39 is 0 Å². The van der Waals surface area contributed by atoms with Gasteiger partial charge in [-0.2, -0.15) is 0 Å². The molecule has 1 fully saturated rings. The summed E-state index contributed by atoms with van der Waals surface area (Å²) in [5, 5.41) is 3.17. The molecule has 1 aromatic rings. The van der Waals surface area contributed by atoms with Crippen LogP contribution in [0, 0.1) is 10.8 Å². The number of rotatable bonds is 6. The zero-order valence-corrected chi connectivity index (χ0v) is 18.5. The number of halogens is 1. The van der Waals surface area contributed by atoms with Crippen LogP contribution in [-0.2, 0) is 0 Å². The van der Waals surface area contributed by atoms with E-state index in [1.807, 2.05) is 6.08 Å². The van der Waals surface area contributed by atoms with E-state index in [0.29, 0.717) is 5.56 Å². The number of nitrogens with one attached hydrogen (secondary N) is 1. The van der Waals surface area contributed by atoms with Crippen molar-refractivity contribution in [3.8, 4) is 0 Å². The molecule has 2 aliphatic rings. The monoisotopic (exact) mass is 413 g/mol. The minimum Gasteiger partial charge on any atom is -0.322 e. The number of nitrogens with zero attached hydrogens (tertiary/aromatic N) is 2. The Morgan fingerprint density at radius 2 is 2.10 bits per heavy atom. The molecule has 0 aromatic carbocycles. The van der Waals surface area contributed by atoms with E-state index in [0.717, 1.165) is 25.1 Å². The summed E-state index contributed by atoms with van der Waals surface area (Å²) >= 11 is 6.04. The van der Waals surface area contributed by atoms with E-state index in [4.69, 9.17) is 11.6 Å². The van der Waals surface area contributed by atoms with Crippen LogP contribution >= 0.6 is 11.6 Å². The molecule has 156 valence electrons. The number of likely N-dealkylation sites (tertiary alicyclic amines) is 1. The van der Waals surface area contributed by atoms with Crippen LogP contribution in [0.2, 0.25) is 5.15 Å². The van der Waals surface area contributed by atoms with Crippen LogP contribution in [0.5, 0.6) is 0 Å². The lowest BCUT2D eigenvalue weighted by Crippen LogP contribution is -2.34. The van der Waals surface area contributed by atoms with E-state index in [2.05, 4.69) is 60.3 Å². The van der Waals surface area contributed by atoms with Gasteiger partial charge in [0.1, 0.15) is 5.15 Å². The zero-order chi connectivity index (χ0) is 20.9. The second-order valence-corrected chi connectivity index (χ2v) is 9.38. The summed E-state index contributed by atoms with van der Waals surface area (Å²) in [6, 6.07) is 3.39. The maximum absolute atomic E-state index is 12.5. The van der Waals surface area contributed by atoms with Crippen LogP contribution in [0.15, 0.2) is 54.4 Å². The van der Waals surface area contributed by atoms with E-state index in [1.165, 1.54) is 25.9 Å². The van der Waals surface area contributed by atoms with E-state index in [1.54, 1.807) is 18.3 Å². The van der Waals surface area contributed by atoms with Gasteiger partial charge >= 0.3 is 0 Å². The van der Waals surface area contributed by atoms with Gasteiger partial charge in [0, 0.05) is 23.9 Å². The topological polar surface area (TPSA) is 45.2 Å². The van der Waals surface area contributed by atoms with E-state index >= 15 is 0 Å². The summed E-state index contributed by atoms with van der Waals surface area (Å²) in [4.78, 5) is 19.0. The maximum atomic E-state index is 12.5. The van der Waals surface area contributed by atoms with Gasteiger partial charge in [-0.25, -0.2) is 4.98 Å². The summed E-state index contributed by atoms with van der Waals surface area (Å²) in [6.07, 6.45) is 17.2. The Morgan fingerprint density at radius 3 is 2.72 bits per heavy atom. The van der Waals surface area contributed by atoms with Crippen LogP contribution in [0.3, 0.4) is 0 Å². The third kappa shape index (κ3) is 5.37. The molecule has 1 aromatic heterocycles. The minimum atomic E-state index is -0.233. The quantitative estimate of drug-likeness (QED) is 0.502. The molecular weight excluding hydrogens is 382 g/mol. The molecule has 3 rings (SSSR count). The van der Waals surface area contributed by atoms with Gasteiger partial charge in [0.05, 0.1) is 5.56 Å². The first-order valence-electron chi connectivity index (χ1n) is 10.5. The SMILES string of the molecule is CC(C)(C)C1(C=CCCN2CCCC2)C=CC(NC(=O)c2cccnc2Cl)=CC1. The summed E-state index contributed by atoms with van der Waals surface area (Å²) in [6.45, 7) is 10.4. The summed E-state index contributed by atoms with van der Waals surface area (Å²) < 4.78 is 0. The highest BCUT2D eigenvalue weighted by atomic mass is 35.5. The predicted octanol–water partition coefficient (Wildman–Crippen LogP) is 5.38. The second-order valence-electron chi connectivity index (χ2n) is 9.02. The van der Waals surface area contributed by atoms with Gasteiger partial charge in [-0.1, -0.05) is 56.7 Å². The Hall–Kier alpha value is -1.91. The molecule has 1 saturated heterocycles. The molecule has 0 radical (unpaired) electrons.